The number of nitrogens with two attached hydrogens (primary N) is 2. The predicted molar refractivity (Wildman–Crippen MR) is 103 cm³/mol. The average Bonchev–Trinajstić information content (AvgIpc) is 2.66. The number of anilines is 2. The van der Waals surface area contributed by atoms with Gasteiger partial charge >= 0.3 is 0 Å². The van der Waals surface area contributed by atoms with Gasteiger partial charge in [0.1, 0.15) is 11.6 Å². The van der Waals surface area contributed by atoms with Crippen molar-refractivity contribution in [1.29, 1.82) is 0 Å². The minimum Gasteiger partial charge on any atom is -0.378 e. The van der Waals surface area contributed by atoms with Crippen molar-refractivity contribution >= 4 is 11.6 Å². The number of rotatable bonds is 18. The Morgan fingerprint density at radius 3 is 1.50 bits per heavy atom. The highest BCUT2D eigenvalue weighted by molar-refractivity contribution is 5.44. The van der Waals surface area contributed by atoms with Crippen molar-refractivity contribution in [2.24, 2.45) is 11.5 Å². The van der Waals surface area contributed by atoms with Crippen LogP contribution in [0.5, 0.6) is 0 Å². The number of aromatic nitrogens is 1. The second kappa shape index (κ2) is 17.0. The monoisotopic (exact) mass is 371 g/mol. The van der Waals surface area contributed by atoms with Gasteiger partial charge in [-0.25, -0.2) is 4.98 Å². The van der Waals surface area contributed by atoms with Gasteiger partial charge in [-0.1, -0.05) is 6.07 Å². The van der Waals surface area contributed by atoms with Gasteiger partial charge in [0.2, 0.25) is 0 Å². The van der Waals surface area contributed by atoms with E-state index in [9.17, 15) is 0 Å². The summed E-state index contributed by atoms with van der Waals surface area (Å²) in [6.07, 6.45) is 0. The maximum atomic E-state index is 5.45. The Balaban J connectivity index is 2.03. The molecule has 1 heterocycles. The van der Waals surface area contributed by atoms with Crippen LogP contribution in [0, 0.1) is 0 Å². The zero-order valence-corrected chi connectivity index (χ0v) is 15.5. The molecule has 26 heavy (non-hydrogen) atoms. The number of hydrogen-bond donors (Lipinski definition) is 4. The van der Waals surface area contributed by atoms with Gasteiger partial charge in [0.25, 0.3) is 0 Å². The Hall–Kier alpha value is -1.49. The number of nitrogens with zero attached hydrogens (tertiary/aromatic N) is 1. The summed E-state index contributed by atoms with van der Waals surface area (Å²) in [5, 5.41) is 6.44. The fraction of sp³-hybridized carbons (Fsp3) is 0.706. The van der Waals surface area contributed by atoms with Crippen LogP contribution >= 0.6 is 0 Å². The van der Waals surface area contributed by atoms with E-state index >= 15 is 0 Å². The molecule has 1 aromatic heterocycles. The van der Waals surface area contributed by atoms with E-state index < -0.39 is 0 Å². The van der Waals surface area contributed by atoms with E-state index in [0.29, 0.717) is 79.0 Å². The maximum absolute atomic E-state index is 5.45. The first-order chi connectivity index (χ1) is 12.9. The molecule has 9 nitrogen and oxygen atoms in total. The van der Waals surface area contributed by atoms with Crippen LogP contribution in [0.4, 0.5) is 11.6 Å². The van der Waals surface area contributed by atoms with Crippen molar-refractivity contribution in [3.8, 4) is 0 Å². The molecule has 6 N–H and O–H groups in total. The van der Waals surface area contributed by atoms with E-state index in [1.165, 1.54) is 0 Å². The minimum absolute atomic E-state index is 0.535. The van der Waals surface area contributed by atoms with Crippen LogP contribution in [-0.2, 0) is 18.9 Å². The summed E-state index contributed by atoms with van der Waals surface area (Å²) in [4.78, 5) is 4.48. The van der Waals surface area contributed by atoms with Gasteiger partial charge < -0.3 is 41.0 Å². The summed E-state index contributed by atoms with van der Waals surface area (Å²) >= 11 is 0. The highest BCUT2D eigenvalue weighted by Gasteiger charge is 1.98. The topological polar surface area (TPSA) is 126 Å². The van der Waals surface area contributed by atoms with Crippen LogP contribution in [0.25, 0.3) is 0 Å². The normalized spacial score (nSPS) is 10.8. The Morgan fingerprint density at radius 1 is 0.654 bits per heavy atom. The third kappa shape index (κ3) is 12.8. The molecule has 0 bridgehead atoms. The quantitative estimate of drug-likeness (QED) is 0.261. The van der Waals surface area contributed by atoms with Crippen molar-refractivity contribution < 1.29 is 18.9 Å². The summed E-state index contributed by atoms with van der Waals surface area (Å²) < 4.78 is 21.4. The molecule has 150 valence electrons. The van der Waals surface area contributed by atoms with Crippen LogP contribution in [0.2, 0.25) is 0 Å². The van der Waals surface area contributed by atoms with Gasteiger partial charge in [0, 0.05) is 26.2 Å². The smallest absolute Gasteiger partial charge is 0.128 e. The molecule has 9 heteroatoms. The first-order valence-corrected chi connectivity index (χ1v) is 9.02. The molecule has 0 aliphatic heterocycles. The van der Waals surface area contributed by atoms with Crippen LogP contribution in [0.1, 0.15) is 0 Å². The van der Waals surface area contributed by atoms with Crippen LogP contribution in [-0.4, -0.2) is 84.0 Å². The molecule has 0 atom stereocenters. The van der Waals surface area contributed by atoms with Crippen molar-refractivity contribution in [3.05, 3.63) is 18.2 Å². The SMILES string of the molecule is NCCOCCOCCNc1cccc(NCCOCCOCCN)n1. The van der Waals surface area contributed by atoms with Crippen molar-refractivity contribution in [1.82, 2.24) is 4.98 Å². The number of hydrogen-bond acceptors (Lipinski definition) is 9. The Labute approximate surface area is 155 Å². The lowest BCUT2D eigenvalue weighted by molar-refractivity contribution is 0.0547. The molecule has 1 rings (SSSR count). The fourth-order valence-corrected chi connectivity index (χ4v) is 1.94. The average molecular weight is 371 g/mol. The second-order valence-electron chi connectivity index (χ2n) is 5.29. The van der Waals surface area contributed by atoms with Crippen molar-refractivity contribution in [2.45, 2.75) is 0 Å². The maximum Gasteiger partial charge on any atom is 0.128 e. The molecule has 0 unspecified atom stereocenters. The zero-order valence-electron chi connectivity index (χ0n) is 15.5. The Kier molecular flexibility index (Phi) is 14.7. The lowest BCUT2D eigenvalue weighted by Crippen LogP contribution is -2.16. The van der Waals surface area contributed by atoms with Crippen LogP contribution < -0.4 is 22.1 Å². The predicted octanol–water partition coefficient (Wildman–Crippen LogP) is -0.111. The van der Waals surface area contributed by atoms with Crippen LogP contribution in [0.15, 0.2) is 18.2 Å². The molecule has 0 saturated carbocycles. The molecule has 0 radical (unpaired) electrons. The second-order valence-corrected chi connectivity index (χ2v) is 5.29. The van der Waals surface area contributed by atoms with Crippen molar-refractivity contribution in [3.63, 3.8) is 0 Å². The van der Waals surface area contributed by atoms with E-state index in [4.69, 9.17) is 30.4 Å². The van der Waals surface area contributed by atoms with Crippen LogP contribution in [0.3, 0.4) is 0 Å². The fourth-order valence-electron chi connectivity index (χ4n) is 1.94. The Morgan fingerprint density at radius 2 is 1.08 bits per heavy atom. The van der Waals surface area contributed by atoms with Gasteiger partial charge in [-0.15, -0.1) is 0 Å². The van der Waals surface area contributed by atoms with Gasteiger partial charge in [-0.3, -0.25) is 0 Å². The summed E-state index contributed by atoms with van der Waals surface area (Å²) in [5.41, 5.74) is 10.7. The minimum atomic E-state index is 0.535. The first-order valence-electron chi connectivity index (χ1n) is 9.02. The van der Waals surface area contributed by atoms with Gasteiger partial charge in [0.15, 0.2) is 0 Å². The van der Waals surface area contributed by atoms with E-state index in [0.717, 1.165) is 11.6 Å². The summed E-state index contributed by atoms with van der Waals surface area (Å²) in [6.45, 7) is 7.00. The van der Waals surface area contributed by atoms with Gasteiger partial charge in [-0.05, 0) is 12.1 Å². The highest BCUT2D eigenvalue weighted by Crippen LogP contribution is 2.08. The molecule has 0 saturated heterocycles. The van der Waals surface area contributed by atoms with Gasteiger partial charge in [0.05, 0.1) is 52.9 Å². The first kappa shape index (κ1) is 22.6. The summed E-state index contributed by atoms with van der Waals surface area (Å²) in [5.74, 6) is 1.60. The van der Waals surface area contributed by atoms with Crippen molar-refractivity contribution in [2.75, 3.05) is 89.7 Å². The molecule has 0 aliphatic rings. The standard InChI is InChI=1S/C17H33N5O4/c18-4-8-23-12-14-25-10-6-20-16-2-1-3-17(22-16)21-7-11-26-15-13-24-9-5-19/h1-3H,4-15,18-19H2,(H2,20,21,22). The lowest BCUT2D eigenvalue weighted by atomic mass is 10.4. The molecular formula is C17H33N5O4. The summed E-state index contributed by atoms with van der Waals surface area (Å²) in [6, 6.07) is 5.78. The van der Waals surface area contributed by atoms with E-state index in [1.807, 2.05) is 18.2 Å². The molecule has 0 fully saturated rings. The molecule has 0 amide bonds. The molecule has 0 spiro atoms. The van der Waals surface area contributed by atoms with E-state index in [2.05, 4.69) is 15.6 Å². The number of ether oxygens (including phenoxy) is 4. The summed E-state index contributed by atoms with van der Waals surface area (Å²) in [7, 11) is 0. The number of pyridine rings is 1. The highest BCUT2D eigenvalue weighted by atomic mass is 16.5. The molecule has 1 aromatic rings. The third-order valence-electron chi connectivity index (χ3n) is 3.12. The molecular weight excluding hydrogens is 338 g/mol. The largest absolute Gasteiger partial charge is 0.378 e. The van der Waals surface area contributed by atoms with E-state index in [-0.39, 0.29) is 0 Å². The molecule has 0 aliphatic carbocycles. The Bertz CT molecular complexity index is 404. The zero-order chi connectivity index (χ0) is 18.7. The number of nitrogens with one attached hydrogen (secondary N) is 2. The third-order valence-corrected chi connectivity index (χ3v) is 3.12. The lowest BCUT2D eigenvalue weighted by Gasteiger charge is -2.10. The molecule has 0 aromatic carbocycles. The van der Waals surface area contributed by atoms with E-state index in [1.54, 1.807) is 0 Å². The van der Waals surface area contributed by atoms with Gasteiger partial charge in [-0.2, -0.15) is 0 Å².